The summed E-state index contributed by atoms with van der Waals surface area (Å²) < 4.78 is 20.1. The number of halogens is 1. The van der Waals surface area contributed by atoms with Gasteiger partial charge in [0.05, 0.1) is 29.8 Å². The highest BCUT2D eigenvalue weighted by atomic mass is 19.1. The van der Waals surface area contributed by atoms with Gasteiger partial charge in [0, 0.05) is 31.7 Å². The number of H-pyrrole nitrogens is 1. The van der Waals surface area contributed by atoms with Gasteiger partial charge in [0.15, 0.2) is 0 Å². The Morgan fingerprint density at radius 3 is 2.29 bits per heavy atom. The smallest absolute Gasteiger partial charge is 0.281 e. The lowest BCUT2D eigenvalue weighted by Gasteiger charge is -2.30. The van der Waals surface area contributed by atoms with Crippen molar-refractivity contribution in [1.29, 1.82) is 0 Å². The maximum atomic E-state index is 13.4. The van der Waals surface area contributed by atoms with Gasteiger partial charge in [0.2, 0.25) is 0 Å². The lowest BCUT2D eigenvalue weighted by atomic mass is 10.1. The molecule has 0 aliphatic carbocycles. The predicted octanol–water partition coefficient (Wildman–Crippen LogP) is 2.95. The maximum Gasteiger partial charge on any atom is 0.281 e. The second kappa shape index (κ2) is 8.77. The van der Waals surface area contributed by atoms with Crippen molar-refractivity contribution < 1.29 is 9.13 Å². The van der Waals surface area contributed by atoms with Crippen LogP contribution in [0.2, 0.25) is 0 Å². The zero-order chi connectivity index (χ0) is 22.0. The van der Waals surface area contributed by atoms with Crippen LogP contribution in [0.4, 0.5) is 4.39 Å². The van der Waals surface area contributed by atoms with Crippen molar-refractivity contribution in [2.45, 2.75) is 6.92 Å². The molecule has 1 aliphatic heterocycles. The molecule has 0 radical (unpaired) electrons. The molecule has 0 unspecified atom stereocenters. The Labute approximate surface area is 180 Å². The highest BCUT2D eigenvalue weighted by molar-refractivity contribution is 6.03. The molecular formula is C23H26FN5O2. The number of benzene rings is 2. The number of likely N-dealkylation sites (N-methyl/N-ethyl adjacent to an activating group) is 1. The van der Waals surface area contributed by atoms with E-state index in [1.54, 1.807) is 19.2 Å². The zero-order valence-corrected chi connectivity index (χ0v) is 17.9. The number of ether oxygens (including phenoxy) is 1. The molecule has 2 heterocycles. The van der Waals surface area contributed by atoms with E-state index in [9.17, 15) is 9.18 Å². The van der Waals surface area contributed by atoms with E-state index in [2.05, 4.69) is 17.0 Å². The molecule has 0 atom stereocenters. The minimum Gasteiger partial charge on any atom is -0.497 e. The molecule has 3 aromatic rings. The van der Waals surface area contributed by atoms with Crippen molar-refractivity contribution in [3.05, 3.63) is 70.3 Å². The minimum atomic E-state index is -0.355. The van der Waals surface area contributed by atoms with E-state index in [-0.39, 0.29) is 11.4 Å². The van der Waals surface area contributed by atoms with Crippen molar-refractivity contribution in [3.8, 4) is 22.7 Å². The lowest BCUT2D eigenvalue weighted by molar-refractivity contribution is 0.159. The normalized spacial score (nSPS) is 15.4. The van der Waals surface area contributed by atoms with Crippen molar-refractivity contribution in [2.75, 3.05) is 40.3 Å². The number of hydrogen-bond donors (Lipinski definition) is 1. The van der Waals surface area contributed by atoms with Crippen LogP contribution in [0.5, 0.6) is 5.75 Å². The number of hydrogen-bond acceptors (Lipinski definition) is 5. The summed E-state index contributed by atoms with van der Waals surface area (Å²) in [6.07, 6.45) is 0. The molecule has 0 amide bonds. The Morgan fingerprint density at radius 2 is 1.68 bits per heavy atom. The molecule has 8 heteroatoms. The maximum absolute atomic E-state index is 13.4. The average Bonchev–Trinajstić information content (AvgIpc) is 3.13. The van der Waals surface area contributed by atoms with E-state index in [4.69, 9.17) is 9.84 Å². The molecule has 162 valence electrons. The van der Waals surface area contributed by atoms with E-state index >= 15 is 0 Å². The van der Waals surface area contributed by atoms with Crippen LogP contribution >= 0.6 is 0 Å². The van der Waals surface area contributed by atoms with Gasteiger partial charge in [-0.05, 0) is 62.5 Å². The van der Waals surface area contributed by atoms with Crippen molar-refractivity contribution in [3.63, 3.8) is 0 Å². The summed E-state index contributed by atoms with van der Waals surface area (Å²) in [5.41, 5.74) is 2.95. The lowest BCUT2D eigenvalue weighted by Crippen LogP contribution is -2.42. The fraction of sp³-hybridized carbons (Fsp3) is 0.304. The number of rotatable bonds is 5. The van der Waals surface area contributed by atoms with Gasteiger partial charge in [-0.25, -0.2) is 9.07 Å². The number of aromatic nitrogens is 2. The van der Waals surface area contributed by atoms with Gasteiger partial charge in [-0.15, -0.1) is 0 Å². The summed E-state index contributed by atoms with van der Waals surface area (Å²) in [4.78, 5) is 15.7. The third-order valence-electron chi connectivity index (χ3n) is 5.49. The van der Waals surface area contributed by atoms with Crippen LogP contribution in [0.1, 0.15) is 12.5 Å². The molecule has 0 saturated carbocycles. The van der Waals surface area contributed by atoms with Gasteiger partial charge >= 0.3 is 0 Å². The van der Waals surface area contributed by atoms with Gasteiger partial charge in [-0.3, -0.25) is 14.9 Å². The molecule has 1 aromatic heterocycles. The van der Waals surface area contributed by atoms with Crippen molar-refractivity contribution >= 4 is 5.71 Å². The second-order valence-corrected chi connectivity index (χ2v) is 7.65. The first-order valence-electron chi connectivity index (χ1n) is 10.2. The standard InChI is InChI=1S/C23H26FN5O2/c1-16(25-28-14-12-27(2)13-15-28)21-22(17-4-10-20(31-3)11-5-17)26-29(23(21)30)19-8-6-18(24)7-9-19/h4-11,26H,12-15H2,1-3H3/b25-16+. The Morgan fingerprint density at radius 1 is 1.03 bits per heavy atom. The van der Waals surface area contributed by atoms with Crippen LogP contribution < -0.4 is 10.3 Å². The summed E-state index contributed by atoms with van der Waals surface area (Å²) >= 11 is 0. The fourth-order valence-electron chi connectivity index (χ4n) is 3.67. The van der Waals surface area contributed by atoms with Gasteiger partial charge in [0.25, 0.3) is 5.56 Å². The first-order chi connectivity index (χ1) is 15.0. The first-order valence-corrected chi connectivity index (χ1v) is 10.2. The molecule has 1 fully saturated rings. The molecule has 4 rings (SSSR count). The molecule has 1 aliphatic rings. The Bertz CT molecular complexity index is 1120. The monoisotopic (exact) mass is 423 g/mol. The summed E-state index contributed by atoms with van der Waals surface area (Å²) in [5, 5.41) is 9.95. The molecule has 1 N–H and O–H groups in total. The third-order valence-corrected chi connectivity index (χ3v) is 5.49. The van der Waals surface area contributed by atoms with Crippen LogP contribution in [0.15, 0.2) is 58.4 Å². The van der Waals surface area contributed by atoms with E-state index < -0.39 is 0 Å². The fourth-order valence-corrected chi connectivity index (χ4v) is 3.67. The topological polar surface area (TPSA) is 65.9 Å². The Kier molecular flexibility index (Phi) is 5.90. The summed E-state index contributed by atoms with van der Waals surface area (Å²) in [6.45, 7) is 5.32. The van der Waals surface area contributed by atoms with Gasteiger partial charge in [-0.1, -0.05) is 0 Å². The average molecular weight is 423 g/mol. The van der Waals surface area contributed by atoms with Gasteiger partial charge in [-0.2, -0.15) is 5.10 Å². The summed E-state index contributed by atoms with van der Waals surface area (Å²) in [7, 11) is 3.70. The Hall–Kier alpha value is -3.39. The van der Waals surface area contributed by atoms with E-state index in [0.29, 0.717) is 22.7 Å². The molecule has 0 spiro atoms. The Balaban J connectivity index is 1.81. The summed E-state index contributed by atoms with van der Waals surface area (Å²) in [5.74, 6) is 0.375. The molecular weight excluding hydrogens is 397 g/mol. The van der Waals surface area contributed by atoms with Gasteiger partial charge < -0.3 is 9.64 Å². The highest BCUT2D eigenvalue weighted by Gasteiger charge is 2.21. The van der Waals surface area contributed by atoms with Crippen molar-refractivity contribution in [1.82, 2.24) is 19.7 Å². The van der Waals surface area contributed by atoms with Crippen LogP contribution in [-0.4, -0.2) is 65.7 Å². The minimum absolute atomic E-state index is 0.229. The molecule has 1 saturated heterocycles. The van der Waals surface area contributed by atoms with Gasteiger partial charge in [0.1, 0.15) is 11.6 Å². The van der Waals surface area contributed by atoms with E-state index in [1.165, 1.54) is 16.8 Å². The first kappa shape index (κ1) is 20.9. The van der Waals surface area contributed by atoms with Crippen LogP contribution in [0.3, 0.4) is 0 Å². The highest BCUT2D eigenvalue weighted by Crippen LogP contribution is 2.24. The number of nitrogens with one attached hydrogen (secondary N) is 1. The predicted molar refractivity (Wildman–Crippen MR) is 120 cm³/mol. The van der Waals surface area contributed by atoms with Crippen LogP contribution in [0.25, 0.3) is 16.9 Å². The third kappa shape index (κ3) is 4.39. The molecule has 7 nitrogen and oxygen atoms in total. The zero-order valence-electron chi connectivity index (χ0n) is 17.9. The van der Waals surface area contributed by atoms with Crippen LogP contribution in [0, 0.1) is 5.82 Å². The number of methoxy groups -OCH3 is 1. The quantitative estimate of drug-likeness (QED) is 0.641. The SMILES string of the molecule is COc1ccc(-c2[nH]n(-c3ccc(F)cc3)c(=O)c2/C(C)=N/N2CCN(C)CC2)cc1. The molecule has 31 heavy (non-hydrogen) atoms. The van der Waals surface area contributed by atoms with Crippen LogP contribution in [-0.2, 0) is 0 Å². The van der Waals surface area contributed by atoms with E-state index in [1.807, 2.05) is 36.2 Å². The van der Waals surface area contributed by atoms with Crippen molar-refractivity contribution in [2.24, 2.45) is 5.10 Å². The number of piperazine rings is 1. The molecule has 2 aromatic carbocycles. The number of aromatic amines is 1. The molecule has 0 bridgehead atoms. The largest absolute Gasteiger partial charge is 0.497 e. The second-order valence-electron chi connectivity index (χ2n) is 7.65. The van der Waals surface area contributed by atoms with E-state index in [0.717, 1.165) is 37.5 Å². The summed E-state index contributed by atoms with van der Waals surface area (Å²) in [6, 6.07) is 13.3. The number of nitrogens with zero attached hydrogens (tertiary/aromatic N) is 4. The number of hydrazone groups is 1.